The van der Waals surface area contributed by atoms with E-state index >= 15 is 0 Å². The van der Waals surface area contributed by atoms with Crippen LogP contribution in [0.4, 0.5) is 24.8 Å². The van der Waals surface area contributed by atoms with Crippen LogP contribution in [0.5, 0.6) is 0 Å². The SMILES string of the molecule is O=C(CNc1cc(C(F)(F)F)nc(-c2cccnc2)n1)Nc1ccccn1. The Morgan fingerprint density at radius 1 is 1.04 bits per heavy atom. The molecular formula is C17H13F3N6O. The summed E-state index contributed by atoms with van der Waals surface area (Å²) in [5, 5.41) is 5.09. The predicted octanol–water partition coefficient (Wildman–Crippen LogP) is 3.00. The molecule has 7 nitrogen and oxygen atoms in total. The van der Waals surface area contributed by atoms with Gasteiger partial charge in [-0.3, -0.25) is 9.78 Å². The first-order chi connectivity index (χ1) is 12.9. The molecule has 138 valence electrons. The van der Waals surface area contributed by atoms with Gasteiger partial charge in [0, 0.05) is 30.2 Å². The van der Waals surface area contributed by atoms with E-state index < -0.39 is 17.8 Å². The summed E-state index contributed by atoms with van der Waals surface area (Å²) in [6, 6.07) is 8.81. The number of hydrogen-bond donors (Lipinski definition) is 2. The molecule has 0 unspecified atom stereocenters. The fourth-order valence-corrected chi connectivity index (χ4v) is 2.10. The average Bonchev–Trinajstić information content (AvgIpc) is 2.67. The molecule has 0 bridgehead atoms. The predicted molar refractivity (Wildman–Crippen MR) is 91.6 cm³/mol. The first kappa shape index (κ1) is 18.2. The van der Waals surface area contributed by atoms with E-state index in [1.807, 2.05) is 0 Å². The molecular weight excluding hydrogens is 361 g/mol. The van der Waals surface area contributed by atoms with Gasteiger partial charge in [0.05, 0.1) is 6.54 Å². The van der Waals surface area contributed by atoms with Crippen LogP contribution in [0.1, 0.15) is 5.69 Å². The summed E-state index contributed by atoms with van der Waals surface area (Å²) in [7, 11) is 0. The van der Waals surface area contributed by atoms with E-state index in [2.05, 4.69) is 30.6 Å². The molecule has 0 atom stereocenters. The highest BCUT2D eigenvalue weighted by molar-refractivity contribution is 5.92. The number of carbonyl (C=O) groups excluding carboxylic acids is 1. The highest BCUT2D eigenvalue weighted by atomic mass is 19.4. The van der Waals surface area contributed by atoms with E-state index in [-0.39, 0.29) is 18.2 Å². The Labute approximate surface area is 151 Å². The third-order valence-corrected chi connectivity index (χ3v) is 3.30. The monoisotopic (exact) mass is 374 g/mol. The van der Waals surface area contributed by atoms with Crippen LogP contribution in [0.3, 0.4) is 0 Å². The van der Waals surface area contributed by atoms with E-state index in [1.165, 1.54) is 18.6 Å². The van der Waals surface area contributed by atoms with Crippen LogP contribution in [0, 0.1) is 0 Å². The first-order valence-electron chi connectivity index (χ1n) is 7.73. The maximum absolute atomic E-state index is 13.1. The number of rotatable bonds is 5. The van der Waals surface area contributed by atoms with Crippen molar-refractivity contribution in [1.82, 2.24) is 19.9 Å². The maximum Gasteiger partial charge on any atom is 0.433 e. The zero-order valence-corrected chi connectivity index (χ0v) is 13.7. The van der Waals surface area contributed by atoms with Crippen LogP contribution in [-0.4, -0.2) is 32.4 Å². The highest BCUT2D eigenvalue weighted by Gasteiger charge is 2.33. The number of halogens is 3. The van der Waals surface area contributed by atoms with Crippen molar-refractivity contribution < 1.29 is 18.0 Å². The summed E-state index contributed by atoms with van der Waals surface area (Å²) in [4.78, 5) is 27.3. The third-order valence-electron chi connectivity index (χ3n) is 3.30. The van der Waals surface area contributed by atoms with Crippen LogP contribution in [0.2, 0.25) is 0 Å². The second-order valence-electron chi connectivity index (χ2n) is 5.32. The number of anilines is 2. The number of alkyl halides is 3. The van der Waals surface area contributed by atoms with Gasteiger partial charge in [0.25, 0.3) is 0 Å². The zero-order valence-electron chi connectivity index (χ0n) is 13.7. The molecule has 27 heavy (non-hydrogen) atoms. The van der Waals surface area contributed by atoms with Crippen molar-refractivity contribution in [3.8, 4) is 11.4 Å². The topological polar surface area (TPSA) is 92.7 Å². The Kier molecular flexibility index (Phi) is 5.25. The number of pyridine rings is 2. The van der Waals surface area contributed by atoms with Gasteiger partial charge in [0.15, 0.2) is 11.5 Å². The molecule has 3 aromatic rings. The number of amides is 1. The number of nitrogens with zero attached hydrogens (tertiary/aromatic N) is 4. The molecule has 0 aliphatic carbocycles. The fraction of sp³-hybridized carbons (Fsp3) is 0.118. The van der Waals surface area contributed by atoms with Gasteiger partial charge in [0.2, 0.25) is 5.91 Å². The molecule has 3 rings (SSSR count). The van der Waals surface area contributed by atoms with Gasteiger partial charge in [-0.1, -0.05) is 6.07 Å². The number of nitrogens with one attached hydrogen (secondary N) is 2. The second kappa shape index (κ2) is 7.77. The summed E-state index contributed by atoms with van der Waals surface area (Å²) in [6.07, 6.45) is -0.318. The second-order valence-corrected chi connectivity index (χ2v) is 5.32. The molecule has 0 aliphatic rings. The quantitative estimate of drug-likeness (QED) is 0.713. The van der Waals surface area contributed by atoms with Crippen LogP contribution < -0.4 is 10.6 Å². The minimum atomic E-state index is -4.66. The Morgan fingerprint density at radius 3 is 2.56 bits per heavy atom. The fourth-order valence-electron chi connectivity index (χ4n) is 2.10. The summed E-state index contributed by atoms with van der Waals surface area (Å²) in [5.74, 6) is -0.430. The lowest BCUT2D eigenvalue weighted by Crippen LogP contribution is -2.23. The molecule has 0 fully saturated rings. The zero-order chi connectivity index (χ0) is 19.3. The van der Waals surface area contributed by atoms with E-state index in [1.54, 1.807) is 30.3 Å². The van der Waals surface area contributed by atoms with Crippen molar-refractivity contribution in [1.29, 1.82) is 0 Å². The maximum atomic E-state index is 13.1. The van der Waals surface area contributed by atoms with Crippen molar-refractivity contribution in [3.05, 3.63) is 60.7 Å². The van der Waals surface area contributed by atoms with Crippen LogP contribution in [0.15, 0.2) is 55.0 Å². The van der Waals surface area contributed by atoms with Crippen molar-refractivity contribution in [2.45, 2.75) is 6.18 Å². The molecule has 1 amide bonds. The van der Waals surface area contributed by atoms with Crippen LogP contribution in [-0.2, 0) is 11.0 Å². The Balaban J connectivity index is 1.79. The summed E-state index contributed by atoms with van der Waals surface area (Å²) < 4.78 is 39.4. The lowest BCUT2D eigenvalue weighted by molar-refractivity contribution is -0.141. The van der Waals surface area contributed by atoms with Crippen molar-refractivity contribution in [2.75, 3.05) is 17.2 Å². The standard InChI is InChI=1S/C17H13F3N6O/c18-17(19,20)12-8-14(26-16(24-12)11-4-3-6-21-9-11)23-10-15(27)25-13-5-1-2-7-22-13/h1-9H,10H2,(H,22,25,27)(H,23,24,26). The van der Waals surface area contributed by atoms with E-state index in [0.717, 1.165) is 6.07 Å². The van der Waals surface area contributed by atoms with Crippen LogP contribution >= 0.6 is 0 Å². The number of carbonyl (C=O) groups is 1. The van der Waals surface area contributed by atoms with E-state index in [9.17, 15) is 18.0 Å². The van der Waals surface area contributed by atoms with Gasteiger partial charge in [-0.25, -0.2) is 15.0 Å². The molecule has 0 aliphatic heterocycles. The average molecular weight is 374 g/mol. The molecule has 3 aromatic heterocycles. The molecule has 0 aromatic carbocycles. The van der Waals surface area contributed by atoms with Gasteiger partial charge in [-0.2, -0.15) is 13.2 Å². The molecule has 0 spiro atoms. The minimum absolute atomic E-state index is 0.132. The van der Waals surface area contributed by atoms with Crippen molar-refractivity contribution in [3.63, 3.8) is 0 Å². The molecule has 2 N–H and O–H groups in total. The Morgan fingerprint density at radius 2 is 1.89 bits per heavy atom. The van der Waals surface area contributed by atoms with Gasteiger partial charge < -0.3 is 10.6 Å². The number of hydrogen-bond acceptors (Lipinski definition) is 6. The minimum Gasteiger partial charge on any atom is -0.361 e. The molecule has 0 saturated heterocycles. The molecule has 0 radical (unpaired) electrons. The normalized spacial score (nSPS) is 11.1. The van der Waals surface area contributed by atoms with E-state index in [0.29, 0.717) is 11.4 Å². The van der Waals surface area contributed by atoms with Gasteiger partial charge >= 0.3 is 6.18 Å². The van der Waals surface area contributed by atoms with Gasteiger partial charge in [0.1, 0.15) is 11.6 Å². The smallest absolute Gasteiger partial charge is 0.361 e. The van der Waals surface area contributed by atoms with Crippen molar-refractivity contribution >= 4 is 17.5 Å². The Hall–Kier alpha value is -3.56. The lowest BCUT2D eigenvalue weighted by atomic mass is 10.2. The largest absolute Gasteiger partial charge is 0.433 e. The van der Waals surface area contributed by atoms with E-state index in [4.69, 9.17) is 0 Å². The molecule has 10 heteroatoms. The Bertz CT molecular complexity index is 919. The molecule has 3 heterocycles. The third kappa shape index (κ3) is 4.97. The number of aromatic nitrogens is 4. The first-order valence-corrected chi connectivity index (χ1v) is 7.73. The highest BCUT2D eigenvalue weighted by Crippen LogP contribution is 2.30. The molecule has 0 saturated carbocycles. The van der Waals surface area contributed by atoms with Gasteiger partial charge in [-0.15, -0.1) is 0 Å². The lowest BCUT2D eigenvalue weighted by Gasteiger charge is -2.12. The summed E-state index contributed by atoms with van der Waals surface area (Å²) in [6.45, 7) is -0.294. The van der Waals surface area contributed by atoms with Crippen LogP contribution in [0.25, 0.3) is 11.4 Å². The summed E-state index contributed by atoms with van der Waals surface area (Å²) in [5.41, 5.74) is -0.798. The summed E-state index contributed by atoms with van der Waals surface area (Å²) >= 11 is 0. The van der Waals surface area contributed by atoms with Gasteiger partial charge in [-0.05, 0) is 24.3 Å². The van der Waals surface area contributed by atoms with Crippen molar-refractivity contribution in [2.24, 2.45) is 0 Å².